The molecular formula is C8H9BNO. The van der Waals surface area contributed by atoms with Crippen LogP contribution < -0.4 is 11.2 Å². The molecule has 1 heterocycles. The van der Waals surface area contributed by atoms with Gasteiger partial charge in [-0.2, -0.15) is 0 Å². The van der Waals surface area contributed by atoms with E-state index in [4.69, 9.17) is 10.4 Å². The fourth-order valence-electron chi connectivity index (χ4n) is 1.32. The predicted octanol–water partition coefficient (Wildman–Crippen LogP) is -0.0389. The van der Waals surface area contributed by atoms with Crippen molar-refractivity contribution in [3.63, 3.8) is 0 Å². The van der Waals surface area contributed by atoms with E-state index in [-0.39, 0.29) is 6.10 Å². The molecule has 0 amide bonds. The Morgan fingerprint density at radius 2 is 2.27 bits per heavy atom. The van der Waals surface area contributed by atoms with E-state index in [1.54, 1.807) is 7.48 Å². The minimum Gasteiger partial charge on any atom is -0.426 e. The topological polar surface area (TPSA) is 35.2 Å². The van der Waals surface area contributed by atoms with Gasteiger partial charge in [0.2, 0.25) is 0 Å². The van der Waals surface area contributed by atoms with Crippen LogP contribution in [0.4, 0.5) is 0 Å². The number of benzene rings is 1. The smallest absolute Gasteiger partial charge is 0.331 e. The van der Waals surface area contributed by atoms with E-state index in [0.717, 1.165) is 5.46 Å². The second-order valence-electron chi connectivity index (χ2n) is 2.61. The van der Waals surface area contributed by atoms with Gasteiger partial charge in [0.15, 0.2) is 0 Å². The fraction of sp³-hybridized carbons (Fsp3) is 0.250. The summed E-state index contributed by atoms with van der Waals surface area (Å²) in [6.45, 7) is 0.549. The molecule has 1 aliphatic heterocycles. The number of nitrogens with two attached hydrogens (primary N) is 1. The average molecular weight is 146 g/mol. The van der Waals surface area contributed by atoms with E-state index in [2.05, 4.69) is 6.07 Å². The van der Waals surface area contributed by atoms with Crippen molar-refractivity contribution >= 4 is 12.9 Å². The summed E-state index contributed by atoms with van der Waals surface area (Å²) in [5.74, 6) is 0. The molecule has 55 valence electrons. The molecule has 0 saturated heterocycles. The highest BCUT2D eigenvalue weighted by atomic mass is 16.4. The Bertz CT molecular complexity index is 264. The van der Waals surface area contributed by atoms with Crippen molar-refractivity contribution in [2.45, 2.75) is 6.10 Å². The molecule has 0 aromatic heterocycles. The zero-order valence-corrected chi connectivity index (χ0v) is 6.16. The molecule has 2 N–H and O–H groups in total. The van der Waals surface area contributed by atoms with E-state index >= 15 is 0 Å². The van der Waals surface area contributed by atoms with Crippen molar-refractivity contribution in [2.24, 2.45) is 5.73 Å². The third kappa shape index (κ3) is 1.06. The lowest BCUT2D eigenvalue weighted by molar-refractivity contribution is 0.243. The molecule has 1 atom stereocenters. The maximum absolute atomic E-state index is 5.50. The molecule has 0 bridgehead atoms. The normalized spacial score (nSPS) is 21.0. The van der Waals surface area contributed by atoms with Crippen LogP contribution in [-0.4, -0.2) is 14.0 Å². The number of fused-ring (bicyclic) bond motifs is 1. The van der Waals surface area contributed by atoms with Crippen molar-refractivity contribution in [1.82, 2.24) is 0 Å². The van der Waals surface area contributed by atoms with Gasteiger partial charge < -0.3 is 10.4 Å². The first kappa shape index (κ1) is 6.89. The minimum absolute atomic E-state index is 0.0752. The maximum Gasteiger partial charge on any atom is 0.331 e. The standard InChI is InChI=1S/C8H9BNO/c10-5-8-6-3-1-2-4-7(6)9-11-8/h1-4,8H,5,10H2/t8-/m1/s1. The van der Waals surface area contributed by atoms with E-state index in [9.17, 15) is 0 Å². The third-order valence-electron chi connectivity index (χ3n) is 1.92. The molecule has 2 rings (SSSR count). The van der Waals surface area contributed by atoms with Crippen LogP contribution in [0.25, 0.3) is 0 Å². The van der Waals surface area contributed by atoms with Gasteiger partial charge in [0.05, 0.1) is 6.10 Å². The average Bonchev–Trinajstić information content (AvgIpc) is 2.47. The van der Waals surface area contributed by atoms with Gasteiger partial charge in [0, 0.05) is 6.54 Å². The summed E-state index contributed by atoms with van der Waals surface area (Å²) in [6.07, 6.45) is 0.0752. The van der Waals surface area contributed by atoms with Gasteiger partial charge in [-0.15, -0.1) is 0 Å². The van der Waals surface area contributed by atoms with Crippen LogP contribution in [-0.2, 0) is 4.65 Å². The molecule has 0 aliphatic carbocycles. The van der Waals surface area contributed by atoms with Crippen molar-refractivity contribution in [1.29, 1.82) is 0 Å². The summed E-state index contributed by atoms with van der Waals surface area (Å²) in [7, 11) is 1.77. The molecule has 1 radical (unpaired) electrons. The van der Waals surface area contributed by atoms with E-state index < -0.39 is 0 Å². The Morgan fingerprint density at radius 3 is 3.09 bits per heavy atom. The summed E-state index contributed by atoms with van der Waals surface area (Å²) < 4.78 is 5.32. The Labute approximate surface area is 66.6 Å². The molecule has 0 fully saturated rings. The zero-order valence-electron chi connectivity index (χ0n) is 6.16. The fourth-order valence-corrected chi connectivity index (χ4v) is 1.32. The van der Waals surface area contributed by atoms with Gasteiger partial charge in [-0.25, -0.2) is 0 Å². The number of rotatable bonds is 1. The van der Waals surface area contributed by atoms with E-state index in [1.807, 2.05) is 18.2 Å². The first-order valence-electron chi connectivity index (χ1n) is 3.69. The molecule has 1 aromatic carbocycles. The highest BCUT2D eigenvalue weighted by Gasteiger charge is 2.21. The SMILES string of the molecule is NC[C@H]1O[B]c2ccccc21. The van der Waals surface area contributed by atoms with Crippen LogP contribution in [0.5, 0.6) is 0 Å². The molecular weight excluding hydrogens is 137 g/mol. The van der Waals surface area contributed by atoms with Crippen molar-refractivity contribution < 1.29 is 4.65 Å². The summed E-state index contributed by atoms with van der Waals surface area (Å²) in [5, 5.41) is 0. The Kier molecular flexibility index (Phi) is 1.68. The van der Waals surface area contributed by atoms with E-state index in [0.29, 0.717) is 6.54 Å². The summed E-state index contributed by atoms with van der Waals surface area (Å²) >= 11 is 0. The quantitative estimate of drug-likeness (QED) is 0.564. The van der Waals surface area contributed by atoms with Crippen molar-refractivity contribution in [3.05, 3.63) is 29.8 Å². The van der Waals surface area contributed by atoms with Gasteiger partial charge in [0.25, 0.3) is 0 Å². The Balaban J connectivity index is 2.39. The molecule has 0 unspecified atom stereocenters. The molecule has 11 heavy (non-hydrogen) atoms. The van der Waals surface area contributed by atoms with Gasteiger partial charge in [-0.1, -0.05) is 24.3 Å². The second kappa shape index (κ2) is 2.68. The largest absolute Gasteiger partial charge is 0.426 e. The molecule has 3 heteroatoms. The van der Waals surface area contributed by atoms with Crippen LogP contribution in [0, 0.1) is 0 Å². The lowest BCUT2D eigenvalue weighted by atomic mass is 9.87. The van der Waals surface area contributed by atoms with Crippen LogP contribution in [0.3, 0.4) is 0 Å². The Hall–Kier alpha value is -0.795. The van der Waals surface area contributed by atoms with Gasteiger partial charge in [-0.05, 0) is 11.0 Å². The molecule has 0 spiro atoms. The van der Waals surface area contributed by atoms with Crippen molar-refractivity contribution in [3.8, 4) is 0 Å². The predicted molar refractivity (Wildman–Crippen MR) is 44.7 cm³/mol. The summed E-state index contributed by atoms with van der Waals surface area (Å²) in [5.41, 5.74) is 7.86. The van der Waals surface area contributed by atoms with Crippen LogP contribution in [0.1, 0.15) is 11.7 Å². The first-order valence-corrected chi connectivity index (χ1v) is 3.69. The third-order valence-corrected chi connectivity index (χ3v) is 1.92. The molecule has 1 aliphatic rings. The zero-order chi connectivity index (χ0) is 7.68. The number of hydrogen-bond acceptors (Lipinski definition) is 2. The maximum atomic E-state index is 5.50. The highest BCUT2D eigenvalue weighted by molar-refractivity contribution is 6.49. The monoisotopic (exact) mass is 146 g/mol. The first-order chi connectivity index (χ1) is 5.42. The van der Waals surface area contributed by atoms with Crippen molar-refractivity contribution in [2.75, 3.05) is 6.54 Å². The lowest BCUT2D eigenvalue weighted by Gasteiger charge is -2.07. The molecule has 0 saturated carbocycles. The molecule has 2 nitrogen and oxygen atoms in total. The van der Waals surface area contributed by atoms with E-state index in [1.165, 1.54) is 5.56 Å². The van der Waals surface area contributed by atoms with Gasteiger partial charge in [-0.3, -0.25) is 0 Å². The lowest BCUT2D eigenvalue weighted by Crippen LogP contribution is -2.12. The Morgan fingerprint density at radius 1 is 1.45 bits per heavy atom. The van der Waals surface area contributed by atoms with Gasteiger partial charge >= 0.3 is 7.48 Å². The van der Waals surface area contributed by atoms with Crippen LogP contribution >= 0.6 is 0 Å². The van der Waals surface area contributed by atoms with Gasteiger partial charge in [0.1, 0.15) is 0 Å². The summed E-state index contributed by atoms with van der Waals surface area (Å²) in [4.78, 5) is 0. The molecule has 1 aromatic rings. The second-order valence-corrected chi connectivity index (χ2v) is 2.61. The van der Waals surface area contributed by atoms with Crippen LogP contribution in [0.15, 0.2) is 24.3 Å². The minimum atomic E-state index is 0.0752. The van der Waals surface area contributed by atoms with Crippen LogP contribution in [0.2, 0.25) is 0 Å². The summed E-state index contributed by atoms with van der Waals surface area (Å²) in [6, 6.07) is 8.09. The highest BCUT2D eigenvalue weighted by Crippen LogP contribution is 2.18. The number of hydrogen-bond donors (Lipinski definition) is 1.